The highest BCUT2D eigenvalue weighted by Gasteiger charge is 2.49. The van der Waals surface area contributed by atoms with Crippen LogP contribution in [0.1, 0.15) is 51.9 Å². The van der Waals surface area contributed by atoms with Gasteiger partial charge >= 0.3 is 5.97 Å². The molecule has 1 amide bonds. The number of hydrogen-bond donors (Lipinski definition) is 3. The third-order valence-corrected chi connectivity index (χ3v) is 4.74. The van der Waals surface area contributed by atoms with Crippen LogP contribution >= 0.6 is 0 Å². The SMILES string of the molecule is CCCC1(C(=O)NC2(C(=O)O)CCC2)CCNCC1. The molecule has 0 atom stereocenters. The maximum Gasteiger partial charge on any atom is 0.329 e. The number of aliphatic carboxylic acids is 1. The first-order valence-electron chi connectivity index (χ1n) is 7.31. The molecule has 0 bridgehead atoms. The predicted molar refractivity (Wildman–Crippen MR) is 71.8 cm³/mol. The molecule has 1 aliphatic heterocycles. The van der Waals surface area contributed by atoms with Crippen LogP contribution in [-0.4, -0.2) is 35.6 Å². The van der Waals surface area contributed by atoms with E-state index in [1.54, 1.807) is 0 Å². The highest BCUT2D eigenvalue weighted by atomic mass is 16.4. The zero-order chi connectivity index (χ0) is 13.9. The van der Waals surface area contributed by atoms with Gasteiger partial charge in [0.05, 0.1) is 5.41 Å². The molecule has 0 spiro atoms. The Bertz CT molecular complexity index is 352. The largest absolute Gasteiger partial charge is 0.480 e. The third kappa shape index (κ3) is 2.61. The van der Waals surface area contributed by atoms with Crippen molar-refractivity contribution in [2.75, 3.05) is 13.1 Å². The number of hydrogen-bond acceptors (Lipinski definition) is 3. The van der Waals surface area contributed by atoms with E-state index in [-0.39, 0.29) is 11.3 Å². The fraction of sp³-hybridized carbons (Fsp3) is 0.857. The summed E-state index contributed by atoms with van der Waals surface area (Å²) in [6, 6.07) is 0. The molecule has 0 aromatic carbocycles. The molecule has 2 aliphatic rings. The van der Waals surface area contributed by atoms with Gasteiger partial charge in [-0.15, -0.1) is 0 Å². The van der Waals surface area contributed by atoms with E-state index in [2.05, 4.69) is 17.6 Å². The lowest BCUT2D eigenvalue weighted by atomic mass is 9.71. The van der Waals surface area contributed by atoms with Gasteiger partial charge in [0.2, 0.25) is 5.91 Å². The van der Waals surface area contributed by atoms with Crippen molar-refractivity contribution in [1.29, 1.82) is 0 Å². The van der Waals surface area contributed by atoms with Gasteiger partial charge in [0.15, 0.2) is 0 Å². The molecule has 2 rings (SSSR count). The Labute approximate surface area is 114 Å². The lowest BCUT2D eigenvalue weighted by molar-refractivity contribution is -0.154. The van der Waals surface area contributed by atoms with Crippen LogP contribution in [0.3, 0.4) is 0 Å². The molecular weight excluding hydrogens is 244 g/mol. The summed E-state index contributed by atoms with van der Waals surface area (Å²) in [5.41, 5.74) is -1.35. The van der Waals surface area contributed by atoms with E-state index in [9.17, 15) is 14.7 Å². The van der Waals surface area contributed by atoms with Crippen molar-refractivity contribution in [2.45, 2.75) is 57.4 Å². The number of carboxylic acid groups (broad SMARTS) is 1. The summed E-state index contributed by atoms with van der Waals surface area (Å²) in [5, 5.41) is 15.4. The van der Waals surface area contributed by atoms with Crippen molar-refractivity contribution >= 4 is 11.9 Å². The van der Waals surface area contributed by atoms with Gasteiger partial charge < -0.3 is 15.7 Å². The van der Waals surface area contributed by atoms with Crippen LogP contribution in [0, 0.1) is 5.41 Å². The summed E-state index contributed by atoms with van der Waals surface area (Å²) in [7, 11) is 0. The minimum absolute atomic E-state index is 0.0436. The van der Waals surface area contributed by atoms with E-state index in [1.165, 1.54) is 0 Å². The molecule has 19 heavy (non-hydrogen) atoms. The topological polar surface area (TPSA) is 78.4 Å². The van der Waals surface area contributed by atoms with Gasteiger partial charge in [-0.05, 0) is 51.6 Å². The highest BCUT2D eigenvalue weighted by molar-refractivity contribution is 5.90. The normalized spacial score (nSPS) is 24.3. The molecule has 0 unspecified atom stereocenters. The number of rotatable bonds is 5. The lowest BCUT2D eigenvalue weighted by Gasteiger charge is -2.43. The zero-order valence-corrected chi connectivity index (χ0v) is 11.6. The first-order chi connectivity index (χ1) is 9.05. The Morgan fingerprint density at radius 3 is 2.26 bits per heavy atom. The van der Waals surface area contributed by atoms with Crippen molar-refractivity contribution in [3.05, 3.63) is 0 Å². The van der Waals surface area contributed by atoms with Crippen LogP contribution in [0.2, 0.25) is 0 Å². The van der Waals surface area contributed by atoms with E-state index in [0.29, 0.717) is 12.8 Å². The van der Waals surface area contributed by atoms with E-state index in [0.717, 1.165) is 45.2 Å². The Morgan fingerprint density at radius 2 is 1.84 bits per heavy atom. The molecule has 5 nitrogen and oxygen atoms in total. The monoisotopic (exact) mass is 268 g/mol. The molecule has 1 aliphatic carbocycles. The van der Waals surface area contributed by atoms with Gasteiger partial charge in [-0.1, -0.05) is 13.3 Å². The number of piperidine rings is 1. The van der Waals surface area contributed by atoms with Crippen LogP contribution in [-0.2, 0) is 9.59 Å². The average Bonchev–Trinajstić information content (AvgIpc) is 2.34. The van der Waals surface area contributed by atoms with E-state index in [4.69, 9.17) is 0 Å². The summed E-state index contributed by atoms with van der Waals surface area (Å²) < 4.78 is 0. The average molecular weight is 268 g/mol. The third-order valence-electron chi connectivity index (χ3n) is 4.74. The maximum absolute atomic E-state index is 12.6. The van der Waals surface area contributed by atoms with Crippen molar-refractivity contribution < 1.29 is 14.7 Å². The fourth-order valence-corrected chi connectivity index (χ4v) is 3.25. The molecule has 5 heteroatoms. The zero-order valence-electron chi connectivity index (χ0n) is 11.6. The summed E-state index contributed by atoms with van der Waals surface area (Å²) in [6.07, 6.45) is 5.42. The highest BCUT2D eigenvalue weighted by Crippen LogP contribution is 2.38. The molecule has 3 N–H and O–H groups in total. The Hall–Kier alpha value is -1.10. The van der Waals surface area contributed by atoms with Crippen molar-refractivity contribution in [3.8, 4) is 0 Å². The number of carbonyl (C=O) groups is 2. The van der Waals surface area contributed by atoms with Crippen LogP contribution in [0.4, 0.5) is 0 Å². The molecule has 2 fully saturated rings. The second-order valence-electron chi connectivity index (χ2n) is 5.98. The molecular formula is C14H24N2O3. The minimum atomic E-state index is -0.983. The molecule has 0 aromatic heterocycles. The predicted octanol–water partition coefficient (Wildman–Crippen LogP) is 1.28. The van der Waals surface area contributed by atoms with Crippen molar-refractivity contribution in [1.82, 2.24) is 10.6 Å². The molecule has 1 heterocycles. The van der Waals surface area contributed by atoms with Gasteiger partial charge in [-0.3, -0.25) is 4.79 Å². The molecule has 0 radical (unpaired) electrons. The Balaban J connectivity index is 2.09. The molecule has 1 saturated heterocycles. The van der Waals surface area contributed by atoms with Crippen molar-refractivity contribution in [2.24, 2.45) is 5.41 Å². The van der Waals surface area contributed by atoms with Gasteiger partial charge in [0.1, 0.15) is 5.54 Å². The first kappa shape index (κ1) is 14.3. The summed E-state index contributed by atoms with van der Waals surface area (Å²) in [6.45, 7) is 3.76. The standard InChI is InChI=1S/C14H24N2O3/c1-2-4-13(7-9-15-10-8-13)11(17)16-14(12(18)19)5-3-6-14/h15H,2-10H2,1H3,(H,16,17)(H,18,19). The van der Waals surface area contributed by atoms with E-state index < -0.39 is 11.5 Å². The summed E-state index contributed by atoms with van der Waals surface area (Å²) >= 11 is 0. The maximum atomic E-state index is 12.6. The first-order valence-corrected chi connectivity index (χ1v) is 7.31. The Morgan fingerprint density at radius 1 is 1.21 bits per heavy atom. The molecule has 1 saturated carbocycles. The number of nitrogens with one attached hydrogen (secondary N) is 2. The van der Waals surface area contributed by atoms with Gasteiger partial charge in [-0.25, -0.2) is 4.79 Å². The molecule has 108 valence electrons. The van der Waals surface area contributed by atoms with Gasteiger partial charge in [-0.2, -0.15) is 0 Å². The second kappa shape index (κ2) is 5.49. The fourth-order valence-electron chi connectivity index (χ4n) is 3.25. The van der Waals surface area contributed by atoms with Crippen LogP contribution < -0.4 is 10.6 Å². The smallest absolute Gasteiger partial charge is 0.329 e. The van der Waals surface area contributed by atoms with Crippen LogP contribution in [0.5, 0.6) is 0 Å². The van der Waals surface area contributed by atoms with Crippen molar-refractivity contribution in [3.63, 3.8) is 0 Å². The van der Waals surface area contributed by atoms with E-state index in [1.807, 2.05) is 0 Å². The van der Waals surface area contributed by atoms with Gasteiger partial charge in [0, 0.05) is 0 Å². The number of amides is 1. The van der Waals surface area contributed by atoms with Gasteiger partial charge in [0.25, 0.3) is 0 Å². The summed E-state index contributed by atoms with van der Waals surface area (Å²) in [4.78, 5) is 24.0. The number of carboxylic acids is 1. The van der Waals surface area contributed by atoms with Crippen LogP contribution in [0.15, 0.2) is 0 Å². The summed E-state index contributed by atoms with van der Waals surface area (Å²) in [5.74, 6) is -0.925. The second-order valence-corrected chi connectivity index (χ2v) is 5.98. The Kier molecular flexibility index (Phi) is 4.13. The quantitative estimate of drug-likeness (QED) is 0.702. The van der Waals surface area contributed by atoms with E-state index >= 15 is 0 Å². The van der Waals surface area contributed by atoms with Crippen LogP contribution in [0.25, 0.3) is 0 Å². The number of carbonyl (C=O) groups excluding carboxylic acids is 1. The lowest BCUT2D eigenvalue weighted by Crippen LogP contribution is -2.62. The molecule has 0 aromatic rings. The minimum Gasteiger partial charge on any atom is -0.480 e.